The van der Waals surface area contributed by atoms with Gasteiger partial charge in [0.15, 0.2) is 0 Å². The van der Waals surface area contributed by atoms with Crippen LogP contribution >= 0.6 is 0 Å². The molecule has 0 aromatic heterocycles. The fraction of sp³-hybridized carbons (Fsp3) is 0.600. The highest BCUT2D eigenvalue weighted by molar-refractivity contribution is 5.87. The van der Waals surface area contributed by atoms with E-state index in [9.17, 15) is 9.59 Å². The van der Waals surface area contributed by atoms with E-state index in [0.717, 1.165) is 44.9 Å². The van der Waals surface area contributed by atoms with E-state index in [1.54, 1.807) is 6.92 Å². The lowest BCUT2D eigenvalue weighted by atomic mass is 9.69. The maximum Gasteiger partial charge on any atom is 0.333 e. The summed E-state index contributed by atoms with van der Waals surface area (Å²) in [6.07, 6.45) is 13.8. The molecule has 2 aromatic carbocycles. The van der Waals surface area contributed by atoms with Gasteiger partial charge >= 0.3 is 11.9 Å². The topological polar surface area (TPSA) is 52.6 Å². The average molecular weight is 597 g/mol. The van der Waals surface area contributed by atoms with Crippen LogP contribution in [0.5, 0.6) is 0 Å². The van der Waals surface area contributed by atoms with Crippen LogP contribution in [0.4, 0.5) is 0 Å². The third-order valence-electron chi connectivity index (χ3n) is 11.3. The zero-order valence-electron chi connectivity index (χ0n) is 27.4. The van der Waals surface area contributed by atoms with E-state index in [0.29, 0.717) is 35.2 Å². The second-order valence-corrected chi connectivity index (χ2v) is 15.4. The van der Waals surface area contributed by atoms with Crippen molar-refractivity contribution in [1.29, 1.82) is 0 Å². The van der Waals surface area contributed by atoms with Crippen LogP contribution in [0.2, 0.25) is 0 Å². The van der Waals surface area contributed by atoms with Gasteiger partial charge in [-0.3, -0.25) is 4.79 Å². The molecule has 2 saturated carbocycles. The second kappa shape index (κ2) is 12.9. The van der Waals surface area contributed by atoms with Gasteiger partial charge < -0.3 is 9.47 Å². The van der Waals surface area contributed by atoms with Gasteiger partial charge in [-0.15, -0.1) is 0 Å². The smallest absolute Gasteiger partial charge is 0.333 e. The molecule has 2 fully saturated rings. The van der Waals surface area contributed by atoms with Crippen molar-refractivity contribution in [3.63, 3.8) is 0 Å². The first-order valence-corrected chi connectivity index (χ1v) is 17.4. The van der Waals surface area contributed by atoms with Gasteiger partial charge in [-0.2, -0.15) is 0 Å². The molecule has 0 heterocycles. The van der Waals surface area contributed by atoms with Crippen molar-refractivity contribution < 1.29 is 19.1 Å². The SMILES string of the molecule is C=C(C)C(=O)OC1c2ccccc2CCC1C1CCC(c2ccc3c(c2)CCC(C2CCCCC2)C3OC(=O)C(C)(C)C)C1. The molecule has 44 heavy (non-hydrogen) atoms. The molecule has 6 unspecified atom stereocenters. The van der Waals surface area contributed by atoms with E-state index in [1.165, 1.54) is 59.9 Å². The first kappa shape index (κ1) is 31.1. The number of rotatable bonds is 6. The molecule has 0 spiro atoms. The van der Waals surface area contributed by atoms with Crippen LogP contribution < -0.4 is 0 Å². The third-order valence-corrected chi connectivity index (χ3v) is 11.3. The zero-order chi connectivity index (χ0) is 31.0. The lowest BCUT2D eigenvalue weighted by Gasteiger charge is -2.40. The van der Waals surface area contributed by atoms with Crippen molar-refractivity contribution >= 4 is 11.9 Å². The Morgan fingerprint density at radius 2 is 1.41 bits per heavy atom. The fourth-order valence-electron chi connectivity index (χ4n) is 8.87. The first-order valence-electron chi connectivity index (χ1n) is 17.4. The number of carbonyl (C=O) groups is 2. The highest BCUT2D eigenvalue weighted by Gasteiger charge is 2.42. The van der Waals surface area contributed by atoms with Crippen LogP contribution in [0.25, 0.3) is 0 Å². The lowest BCUT2D eigenvalue weighted by Crippen LogP contribution is -2.34. The second-order valence-electron chi connectivity index (χ2n) is 15.4. The summed E-state index contributed by atoms with van der Waals surface area (Å²) >= 11 is 0. The van der Waals surface area contributed by atoms with Crippen LogP contribution in [0.3, 0.4) is 0 Å². The summed E-state index contributed by atoms with van der Waals surface area (Å²) in [5.41, 5.74) is 6.49. The number of fused-ring (bicyclic) bond motifs is 2. The monoisotopic (exact) mass is 596 g/mol. The maximum absolute atomic E-state index is 13.2. The van der Waals surface area contributed by atoms with Gasteiger partial charge in [-0.05, 0) is 118 Å². The number of carbonyl (C=O) groups excluding carboxylic acids is 2. The summed E-state index contributed by atoms with van der Waals surface area (Å²) in [6, 6.07) is 15.6. The predicted molar refractivity (Wildman–Crippen MR) is 175 cm³/mol. The number of hydrogen-bond acceptors (Lipinski definition) is 4. The van der Waals surface area contributed by atoms with Crippen LogP contribution in [0.1, 0.15) is 138 Å². The molecule has 6 atom stereocenters. The Morgan fingerprint density at radius 3 is 2.14 bits per heavy atom. The molecular formula is C40H52O4. The molecule has 0 bridgehead atoms. The Bertz CT molecular complexity index is 1380. The van der Waals surface area contributed by atoms with Crippen LogP contribution in [-0.4, -0.2) is 11.9 Å². The molecule has 236 valence electrons. The predicted octanol–water partition coefficient (Wildman–Crippen LogP) is 9.77. The number of esters is 2. The van der Waals surface area contributed by atoms with Crippen molar-refractivity contribution in [2.24, 2.45) is 29.1 Å². The number of ether oxygens (including phenoxy) is 2. The van der Waals surface area contributed by atoms with Crippen molar-refractivity contribution in [3.05, 3.63) is 82.4 Å². The van der Waals surface area contributed by atoms with Crippen LogP contribution in [0.15, 0.2) is 54.6 Å². The van der Waals surface area contributed by atoms with E-state index in [4.69, 9.17) is 9.47 Å². The molecule has 0 saturated heterocycles. The summed E-state index contributed by atoms with van der Waals surface area (Å²) in [5, 5.41) is 0. The number of aryl methyl sites for hydroxylation is 2. The normalized spacial score (nSPS) is 28.9. The van der Waals surface area contributed by atoms with E-state index in [1.807, 2.05) is 20.8 Å². The molecule has 4 nitrogen and oxygen atoms in total. The fourth-order valence-corrected chi connectivity index (χ4v) is 8.87. The van der Waals surface area contributed by atoms with Gasteiger partial charge in [0.05, 0.1) is 5.41 Å². The minimum Gasteiger partial charge on any atom is -0.457 e. The Balaban J connectivity index is 1.21. The summed E-state index contributed by atoms with van der Waals surface area (Å²) in [4.78, 5) is 25.9. The molecule has 4 heteroatoms. The number of benzene rings is 2. The minimum atomic E-state index is -0.510. The molecule has 0 aliphatic heterocycles. The van der Waals surface area contributed by atoms with Gasteiger partial charge in [0, 0.05) is 17.4 Å². The van der Waals surface area contributed by atoms with Gasteiger partial charge in [0.1, 0.15) is 12.2 Å². The van der Waals surface area contributed by atoms with E-state index in [2.05, 4.69) is 49.0 Å². The van der Waals surface area contributed by atoms with Crippen molar-refractivity contribution in [2.45, 2.75) is 123 Å². The molecule has 2 aromatic rings. The van der Waals surface area contributed by atoms with Gasteiger partial charge in [0.25, 0.3) is 0 Å². The highest BCUT2D eigenvalue weighted by atomic mass is 16.5. The zero-order valence-corrected chi connectivity index (χ0v) is 27.4. The standard InChI is InChI=1S/C40H52O4/c1-25(2)38(41)43-36-32-14-10-9-13-27(32)17-20-34(36)30-16-15-28(23-30)29-18-21-35-31(24-29)19-22-33(26-11-7-6-8-12-26)37(35)44-39(42)40(3,4)5/h9-10,13-14,18,21,24,26,28,30,33-34,36-37H,1,6-8,11-12,15-17,19-20,22-23H2,2-5H3. The van der Waals surface area contributed by atoms with E-state index < -0.39 is 5.41 Å². The Morgan fingerprint density at radius 1 is 0.750 bits per heavy atom. The molecule has 6 rings (SSSR count). The quantitative estimate of drug-likeness (QED) is 0.246. The maximum atomic E-state index is 13.2. The Hall–Kier alpha value is -2.88. The van der Waals surface area contributed by atoms with Crippen LogP contribution in [-0.2, 0) is 31.9 Å². The molecule has 4 aliphatic rings. The average Bonchev–Trinajstić information content (AvgIpc) is 3.51. The van der Waals surface area contributed by atoms with E-state index in [-0.39, 0.29) is 24.1 Å². The minimum absolute atomic E-state index is 0.0881. The molecular weight excluding hydrogens is 544 g/mol. The molecule has 0 amide bonds. The van der Waals surface area contributed by atoms with Crippen molar-refractivity contribution in [3.8, 4) is 0 Å². The summed E-state index contributed by atoms with van der Waals surface area (Å²) in [6.45, 7) is 11.5. The van der Waals surface area contributed by atoms with Gasteiger partial charge in [0.2, 0.25) is 0 Å². The summed E-state index contributed by atoms with van der Waals surface area (Å²) in [5.74, 6) is 2.05. The Kier molecular flexibility index (Phi) is 9.09. The molecule has 4 aliphatic carbocycles. The molecule has 0 radical (unpaired) electrons. The lowest BCUT2D eigenvalue weighted by molar-refractivity contribution is -0.164. The summed E-state index contributed by atoms with van der Waals surface area (Å²) < 4.78 is 12.6. The highest BCUT2D eigenvalue weighted by Crippen LogP contribution is 2.51. The van der Waals surface area contributed by atoms with Gasteiger partial charge in [-0.1, -0.05) is 81.1 Å². The molecule has 0 N–H and O–H groups in total. The van der Waals surface area contributed by atoms with Crippen molar-refractivity contribution in [2.75, 3.05) is 0 Å². The van der Waals surface area contributed by atoms with Crippen LogP contribution in [0, 0.1) is 29.1 Å². The van der Waals surface area contributed by atoms with E-state index >= 15 is 0 Å². The largest absolute Gasteiger partial charge is 0.457 e. The van der Waals surface area contributed by atoms with Crippen molar-refractivity contribution in [1.82, 2.24) is 0 Å². The Labute approximate surface area is 265 Å². The van der Waals surface area contributed by atoms with Gasteiger partial charge in [-0.25, -0.2) is 4.79 Å². The third kappa shape index (κ3) is 6.42. The first-order chi connectivity index (χ1) is 21.1. The number of hydrogen-bond donors (Lipinski definition) is 0. The summed E-state index contributed by atoms with van der Waals surface area (Å²) in [7, 11) is 0.